The first-order chi connectivity index (χ1) is 8.18. The Labute approximate surface area is 106 Å². The Morgan fingerprint density at radius 1 is 1.41 bits per heavy atom. The van der Waals surface area contributed by atoms with Crippen LogP contribution < -0.4 is 5.32 Å². The van der Waals surface area contributed by atoms with E-state index in [1.54, 1.807) is 11.3 Å². The molecule has 1 N–H and O–H groups in total. The van der Waals surface area contributed by atoms with Crippen molar-refractivity contribution < 1.29 is 0 Å². The van der Waals surface area contributed by atoms with Crippen LogP contribution in [0.25, 0.3) is 0 Å². The summed E-state index contributed by atoms with van der Waals surface area (Å²) in [6, 6.07) is 0. The van der Waals surface area contributed by atoms with Crippen molar-refractivity contribution in [1.82, 2.24) is 20.1 Å². The molecular weight excluding hydrogens is 232 g/mol. The first kappa shape index (κ1) is 12.3. The summed E-state index contributed by atoms with van der Waals surface area (Å²) < 4.78 is 1.94. The fourth-order valence-electron chi connectivity index (χ4n) is 1.86. The molecule has 0 aliphatic carbocycles. The lowest BCUT2D eigenvalue weighted by molar-refractivity contribution is 0.674. The van der Waals surface area contributed by atoms with Crippen LogP contribution in [0, 0.1) is 13.8 Å². The third-order valence-electron chi connectivity index (χ3n) is 3.00. The number of aryl methyl sites for hydroxylation is 2. The molecular formula is C12H18N4S. The van der Waals surface area contributed by atoms with E-state index in [4.69, 9.17) is 0 Å². The second-order valence-electron chi connectivity index (χ2n) is 4.18. The average molecular weight is 250 g/mol. The number of rotatable bonds is 5. The van der Waals surface area contributed by atoms with Crippen molar-refractivity contribution >= 4 is 11.3 Å². The van der Waals surface area contributed by atoms with Gasteiger partial charge in [0.15, 0.2) is 0 Å². The van der Waals surface area contributed by atoms with E-state index in [0.717, 1.165) is 25.2 Å². The minimum atomic E-state index is 0.885. The number of nitrogens with zero attached hydrogens (tertiary/aromatic N) is 3. The van der Waals surface area contributed by atoms with E-state index in [2.05, 4.69) is 34.6 Å². The molecule has 0 aliphatic rings. The van der Waals surface area contributed by atoms with Gasteiger partial charge in [-0.15, -0.1) is 11.3 Å². The molecule has 2 rings (SSSR count). The minimum absolute atomic E-state index is 0.885. The highest BCUT2D eigenvalue weighted by atomic mass is 32.1. The van der Waals surface area contributed by atoms with Crippen LogP contribution in [0.15, 0.2) is 10.9 Å². The van der Waals surface area contributed by atoms with E-state index < -0.39 is 0 Å². The summed E-state index contributed by atoms with van der Waals surface area (Å²) in [5.74, 6) is 0. The third-order valence-corrected chi connectivity index (χ3v) is 3.64. The summed E-state index contributed by atoms with van der Waals surface area (Å²) in [6.07, 6.45) is 0.988. The van der Waals surface area contributed by atoms with Crippen molar-refractivity contribution in [3.05, 3.63) is 33.5 Å². The number of thiazole rings is 1. The van der Waals surface area contributed by atoms with Gasteiger partial charge < -0.3 is 5.32 Å². The van der Waals surface area contributed by atoms with Gasteiger partial charge in [0, 0.05) is 43.2 Å². The molecule has 17 heavy (non-hydrogen) atoms. The van der Waals surface area contributed by atoms with Gasteiger partial charge in [0.25, 0.3) is 0 Å². The maximum Gasteiger partial charge on any atom is 0.0794 e. The maximum atomic E-state index is 4.41. The molecule has 0 spiro atoms. The van der Waals surface area contributed by atoms with Crippen LogP contribution in [0.2, 0.25) is 0 Å². The molecule has 0 saturated heterocycles. The van der Waals surface area contributed by atoms with Gasteiger partial charge in [0.05, 0.1) is 16.9 Å². The van der Waals surface area contributed by atoms with Gasteiger partial charge >= 0.3 is 0 Å². The average Bonchev–Trinajstić information content (AvgIpc) is 2.87. The molecule has 4 nitrogen and oxygen atoms in total. The first-order valence-corrected chi connectivity index (χ1v) is 6.69. The SMILES string of the molecule is Cc1nn(C)c(C)c1CNCCc1cscn1. The van der Waals surface area contributed by atoms with E-state index in [9.17, 15) is 0 Å². The molecule has 2 aromatic heterocycles. The van der Waals surface area contributed by atoms with Crippen molar-refractivity contribution in [2.24, 2.45) is 7.05 Å². The van der Waals surface area contributed by atoms with Crippen molar-refractivity contribution in [1.29, 1.82) is 0 Å². The highest BCUT2D eigenvalue weighted by Gasteiger charge is 2.08. The van der Waals surface area contributed by atoms with E-state index in [0.29, 0.717) is 0 Å². The Balaban J connectivity index is 1.82. The normalized spacial score (nSPS) is 11.0. The molecule has 0 bridgehead atoms. The summed E-state index contributed by atoms with van der Waals surface area (Å²) >= 11 is 1.65. The lowest BCUT2D eigenvalue weighted by atomic mass is 10.2. The zero-order valence-corrected chi connectivity index (χ0v) is 11.3. The molecule has 0 amide bonds. The predicted octanol–water partition coefficient (Wildman–Crippen LogP) is 1.83. The summed E-state index contributed by atoms with van der Waals surface area (Å²) in [6.45, 7) is 6.01. The Kier molecular flexibility index (Phi) is 3.91. The predicted molar refractivity (Wildman–Crippen MR) is 70.2 cm³/mol. The summed E-state index contributed by atoms with van der Waals surface area (Å²) in [5.41, 5.74) is 6.72. The molecule has 0 unspecified atom stereocenters. The van der Waals surface area contributed by atoms with Gasteiger partial charge in [-0.05, 0) is 13.8 Å². The molecule has 0 fully saturated rings. The van der Waals surface area contributed by atoms with E-state index in [1.807, 2.05) is 17.2 Å². The second kappa shape index (κ2) is 5.42. The molecule has 0 saturated carbocycles. The molecule has 0 atom stereocenters. The molecule has 0 aliphatic heterocycles. The van der Waals surface area contributed by atoms with Crippen molar-refractivity contribution in [2.45, 2.75) is 26.8 Å². The van der Waals surface area contributed by atoms with Gasteiger partial charge in [0.1, 0.15) is 0 Å². The second-order valence-corrected chi connectivity index (χ2v) is 4.90. The van der Waals surface area contributed by atoms with Gasteiger partial charge in [0.2, 0.25) is 0 Å². The molecule has 0 aromatic carbocycles. The molecule has 2 aromatic rings. The largest absolute Gasteiger partial charge is 0.312 e. The fourth-order valence-corrected chi connectivity index (χ4v) is 2.46. The Hall–Kier alpha value is -1.20. The first-order valence-electron chi connectivity index (χ1n) is 5.75. The van der Waals surface area contributed by atoms with Crippen LogP contribution in [0.1, 0.15) is 22.6 Å². The topological polar surface area (TPSA) is 42.7 Å². The Bertz CT molecular complexity index is 473. The summed E-state index contributed by atoms with van der Waals surface area (Å²) in [5, 5.41) is 9.95. The fraction of sp³-hybridized carbons (Fsp3) is 0.500. The van der Waals surface area contributed by atoms with Crippen molar-refractivity contribution in [2.75, 3.05) is 6.54 Å². The third kappa shape index (κ3) is 2.92. The van der Waals surface area contributed by atoms with Crippen molar-refractivity contribution in [3.63, 3.8) is 0 Å². The zero-order valence-electron chi connectivity index (χ0n) is 10.5. The molecule has 5 heteroatoms. The van der Waals surface area contributed by atoms with Gasteiger partial charge in [-0.2, -0.15) is 5.10 Å². The van der Waals surface area contributed by atoms with Crippen LogP contribution in [-0.4, -0.2) is 21.3 Å². The number of aromatic nitrogens is 3. The minimum Gasteiger partial charge on any atom is -0.312 e. The van der Waals surface area contributed by atoms with Crippen LogP contribution in [0.4, 0.5) is 0 Å². The summed E-state index contributed by atoms with van der Waals surface area (Å²) in [4.78, 5) is 4.26. The van der Waals surface area contributed by atoms with Crippen LogP contribution in [0.5, 0.6) is 0 Å². The quantitative estimate of drug-likeness (QED) is 0.823. The maximum absolute atomic E-state index is 4.41. The van der Waals surface area contributed by atoms with E-state index in [1.165, 1.54) is 17.0 Å². The van der Waals surface area contributed by atoms with Gasteiger partial charge in [-0.3, -0.25) is 4.68 Å². The van der Waals surface area contributed by atoms with E-state index in [-0.39, 0.29) is 0 Å². The summed E-state index contributed by atoms with van der Waals surface area (Å²) in [7, 11) is 1.99. The van der Waals surface area contributed by atoms with Gasteiger partial charge in [-0.1, -0.05) is 0 Å². The lowest BCUT2D eigenvalue weighted by Crippen LogP contribution is -2.17. The smallest absolute Gasteiger partial charge is 0.0794 e. The van der Waals surface area contributed by atoms with E-state index >= 15 is 0 Å². The number of hydrogen-bond acceptors (Lipinski definition) is 4. The Morgan fingerprint density at radius 3 is 2.82 bits per heavy atom. The Morgan fingerprint density at radius 2 is 2.24 bits per heavy atom. The standard InChI is InChI=1S/C12H18N4S/c1-9-12(10(2)16(3)15-9)6-13-5-4-11-7-17-8-14-11/h7-8,13H,4-6H2,1-3H3. The molecule has 92 valence electrons. The number of nitrogens with one attached hydrogen (secondary N) is 1. The number of hydrogen-bond donors (Lipinski definition) is 1. The zero-order chi connectivity index (χ0) is 12.3. The monoisotopic (exact) mass is 250 g/mol. The van der Waals surface area contributed by atoms with Crippen LogP contribution in [0.3, 0.4) is 0 Å². The molecule has 0 radical (unpaired) electrons. The highest BCUT2D eigenvalue weighted by Crippen LogP contribution is 2.11. The van der Waals surface area contributed by atoms with Gasteiger partial charge in [-0.25, -0.2) is 4.98 Å². The van der Waals surface area contributed by atoms with Crippen molar-refractivity contribution in [3.8, 4) is 0 Å². The lowest BCUT2D eigenvalue weighted by Gasteiger charge is -2.04. The highest BCUT2D eigenvalue weighted by molar-refractivity contribution is 7.07. The van der Waals surface area contributed by atoms with Crippen LogP contribution >= 0.6 is 11.3 Å². The van der Waals surface area contributed by atoms with Crippen LogP contribution in [-0.2, 0) is 20.0 Å². The molecule has 2 heterocycles.